The van der Waals surface area contributed by atoms with E-state index in [0.717, 1.165) is 6.42 Å². The van der Waals surface area contributed by atoms with Gasteiger partial charge in [-0.25, -0.2) is 0 Å². The van der Waals surface area contributed by atoms with Crippen molar-refractivity contribution < 1.29 is 0 Å². The second kappa shape index (κ2) is 4.28. The largest absolute Gasteiger partial charge is 0.198 e. The highest BCUT2D eigenvalue weighted by molar-refractivity contribution is 5.17. The topological polar surface area (TPSA) is 23.8 Å². The second-order valence-electron chi connectivity index (χ2n) is 4.12. The lowest BCUT2D eigenvalue weighted by atomic mass is 9.74. The van der Waals surface area contributed by atoms with Gasteiger partial charge >= 0.3 is 0 Å². The summed E-state index contributed by atoms with van der Waals surface area (Å²) in [5.41, 5.74) is 1.30. The van der Waals surface area contributed by atoms with Crippen molar-refractivity contribution in [3.63, 3.8) is 0 Å². The monoisotopic (exact) mass is 185 g/mol. The van der Waals surface area contributed by atoms with E-state index in [2.05, 4.69) is 18.2 Å². The molecule has 1 aromatic rings. The molecule has 0 spiro atoms. The highest BCUT2D eigenvalue weighted by atomic mass is 14.4. The molecule has 1 nitrogen and oxygen atoms in total. The maximum Gasteiger partial charge on any atom is 0.0662 e. The summed E-state index contributed by atoms with van der Waals surface area (Å²) in [4.78, 5) is 0. The van der Waals surface area contributed by atoms with Crippen molar-refractivity contribution in [1.29, 1.82) is 5.26 Å². The number of nitriles is 1. The number of hydrogen-bond acceptors (Lipinski definition) is 1. The molecule has 1 aliphatic rings. The Labute approximate surface area is 85.4 Å². The molecule has 0 aromatic heterocycles. The Morgan fingerprint density at radius 1 is 1.29 bits per heavy atom. The van der Waals surface area contributed by atoms with Gasteiger partial charge in [-0.2, -0.15) is 5.26 Å². The number of hydrogen-bond donors (Lipinski definition) is 0. The Morgan fingerprint density at radius 3 is 2.50 bits per heavy atom. The molecule has 0 radical (unpaired) electrons. The van der Waals surface area contributed by atoms with Crippen LogP contribution in [-0.4, -0.2) is 0 Å². The molecule has 1 unspecified atom stereocenters. The molecule has 1 atom stereocenters. The van der Waals surface area contributed by atoms with Crippen molar-refractivity contribution in [3.8, 4) is 6.07 Å². The van der Waals surface area contributed by atoms with Crippen LogP contribution in [0.15, 0.2) is 30.3 Å². The van der Waals surface area contributed by atoms with Crippen LogP contribution >= 0.6 is 0 Å². The molecule has 1 saturated carbocycles. The second-order valence-corrected chi connectivity index (χ2v) is 4.12. The highest BCUT2D eigenvalue weighted by Gasteiger charge is 2.26. The molecule has 1 aromatic carbocycles. The molecule has 14 heavy (non-hydrogen) atoms. The molecule has 1 fully saturated rings. The average Bonchev–Trinajstić information content (AvgIpc) is 2.15. The zero-order chi connectivity index (χ0) is 9.80. The molecule has 0 heterocycles. The van der Waals surface area contributed by atoms with Crippen LogP contribution in [0.3, 0.4) is 0 Å². The number of rotatable bonds is 3. The van der Waals surface area contributed by atoms with Crippen LogP contribution in [0.1, 0.15) is 24.8 Å². The van der Waals surface area contributed by atoms with E-state index in [1.807, 2.05) is 18.2 Å². The zero-order valence-electron chi connectivity index (χ0n) is 8.32. The summed E-state index contributed by atoms with van der Waals surface area (Å²) in [7, 11) is 0. The van der Waals surface area contributed by atoms with Crippen LogP contribution in [0.25, 0.3) is 0 Å². The molecule has 1 heteroatoms. The van der Waals surface area contributed by atoms with Crippen molar-refractivity contribution in [2.24, 2.45) is 11.8 Å². The van der Waals surface area contributed by atoms with Crippen molar-refractivity contribution in [2.45, 2.75) is 25.7 Å². The smallest absolute Gasteiger partial charge is 0.0662 e. The fraction of sp³-hybridized carbons (Fsp3) is 0.462. The third-order valence-electron chi connectivity index (χ3n) is 3.18. The lowest BCUT2D eigenvalue weighted by Gasteiger charge is -2.29. The van der Waals surface area contributed by atoms with Crippen LogP contribution < -0.4 is 0 Å². The van der Waals surface area contributed by atoms with E-state index in [1.54, 1.807) is 0 Å². The van der Waals surface area contributed by atoms with Gasteiger partial charge < -0.3 is 0 Å². The van der Waals surface area contributed by atoms with Crippen LogP contribution in [0, 0.1) is 23.2 Å². The summed E-state index contributed by atoms with van der Waals surface area (Å²) >= 11 is 0. The van der Waals surface area contributed by atoms with Gasteiger partial charge in [-0.15, -0.1) is 0 Å². The van der Waals surface area contributed by atoms with Gasteiger partial charge in [0.1, 0.15) is 0 Å². The van der Waals surface area contributed by atoms with Gasteiger partial charge in [0.15, 0.2) is 0 Å². The Balaban J connectivity index is 1.98. The van der Waals surface area contributed by atoms with Gasteiger partial charge in [0.25, 0.3) is 0 Å². The maximum atomic E-state index is 9.07. The molecule has 2 rings (SSSR count). The van der Waals surface area contributed by atoms with Crippen molar-refractivity contribution in [2.75, 3.05) is 0 Å². The molecule has 0 bridgehead atoms. The number of nitrogens with zero attached hydrogens (tertiary/aromatic N) is 1. The minimum absolute atomic E-state index is 0.242. The van der Waals surface area contributed by atoms with Crippen molar-refractivity contribution >= 4 is 0 Å². The molecule has 0 amide bonds. The lowest BCUT2D eigenvalue weighted by Crippen LogP contribution is -2.22. The Hall–Kier alpha value is -1.29. The van der Waals surface area contributed by atoms with Gasteiger partial charge in [-0.1, -0.05) is 36.8 Å². The summed E-state index contributed by atoms with van der Waals surface area (Å²) in [6.45, 7) is 0. The van der Waals surface area contributed by atoms with E-state index >= 15 is 0 Å². The molecule has 72 valence electrons. The fourth-order valence-electron chi connectivity index (χ4n) is 2.03. The third-order valence-corrected chi connectivity index (χ3v) is 3.18. The molecular weight excluding hydrogens is 170 g/mol. The van der Waals surface area contributed by atoms with Gasteiger partial charge in [-0.3, -0.25) is 0 Å². The van der Waals surface area contributed by atoms with Gasteiger partial charge in [0.05, 0.1) is 12.0 Å². The molecule has 0 aliphatic heterocycles. The summed E-state index contributed by atoms with van der Waals surface area (Å²) in [5.74, 6) is 0.909. The van der Waals surface area contributed by atoms with E-state index in [4.69, 9.17) is 5.26 Å². The van der Waals surface area contributed by atoms with Crippen LogP contribution in [0.4, 0.5) is 0 Å². The molecule has 1 aliphatic carbocycles. The molecule has 0 saturated heterocycles. The van der Waals surface area contributed by atoms with E-state index in [-0.39, 0.29) is 5.92 Å². The zero-order valence-corrected chi connectivity index (χ0v) is 8.32. The minimum Gasteiger partial charge on any atom is -0.198 e. The minimum atomic E-state index is 0.242. The maximum absolute atomic E-state index is 9.07. The van der Waals surface area contributed by atoms with Crippen molar-refractivity contribution in [3.05, 3.63) is 35.9 Å². The summed E-state index contributed by atoms with van der Waals surface area (Å²) in [5, 5.41) is 9.07. The third kappa shape index (κ3) is 1.96. The van der Waals surface area contributed by atoms with Gasteiger partial charge in [0, 0.05) is 0 Å². The first-order valence-corrected chi connectivity index (χ1v) is 5.33. The Bertz CT molecular complexity index is 319. The Kier molecular flexibility index (Phi) is 2.84. The molecular formula is C13H15N. The first kappa shape index (κ1) is 9.27. The van der Waals surface area contributed by atoms with Gasteiger partial charge in [0.2, 0.25) is 0 Å². The predicted octanol–water partition coefficient (Wildman–Crippen LogP) is 3.17. The lowest BCUT2D eigenvalue weighted by molar-refractivity contribution is 0.246. The fourth-order valence-corrected chi connectivity index (χ4v) is 2.03. The number of benzene rings is 1. The standard InChI is InChI=1S/C13H15N/c14-10-13(12-7-4-8-12)9-11-5-2-1-3-6-11/h1-3,5-6,12-13H,4,7-9H2. The normalized spacial score (nSPS) is 18.2. The summed E-state index contributed by atoms with van der Waals surface area (Å²) in [6, 6.07) is 12.8. The molecule has 0 N–H and O–H groups in total. The Morgan fingerprint density at radius 2 is 2.00 bits per heavy atom. The first-order chi connectivity index (χ1) is 6.90. The van der Waals surface area contributed by atoms with Crippen molar-refractivity contribution in [1.82, 2.24) is 0 Å². The van der Waals surface area contributed by atoms with E-state index < -0.39 is 0 Å². The quantitative estimate of drug-likeness (QED) is 0.709. The van der Waals surface area contributed by atoms with E-state index in [0.29, 0.717) is 5.92 Å². The SMILES string of the molecule is N#CC(Cc1ccccc1)C1CCC1. The highest BCUT2D eigenvalue weighted by Crippen LogP contribution is 2.34. The van der Waals surface area contributed by atoms with Crippen LogP contribution in [0.2, 0.25) is 0 Å². The van der Waals surface area contributed by atoms with E-state index in [1.165, 1.54) is 24.8 Å². The summed E-state index contributed by atoms with van der Waals surface area (Å²) < 4.78 is 0. The first-order valence-electron chi connectivity index (χ1n) is 5.33. The van der Waals surface area contributed by atoms with Crippen LogP contribution in [0.5, 0.6) is 0 Å². The van der Waals surface area contributed by atoms with Crippen LogP contribution in [-0.2, 0) is 6.42 Å². The average molecular weight is 185 g/mol. The van der Waals surface area contributed by atoms with Gasteiger partial charge in [-0.05, 0) is 30.7 Å². The predicted molar refractivity (Wildman–Crippen MR) is 56.6 cm³/mol. The van der Waals surface area contributed by atoms with E-state index in [9.17, 15) is 0 Å². The summed E-state index contributed by atoms with van der Waals surface area (Å²) in [6.07, 6.45) is 4.76.